The zero-order chi connectivity index (χ0) is 16.7. The lowest BCUT2D eigenvalue weighted by atomic mass is 9.90. The molecule has 1 saturated carbocycles. The highest BCUT2D eigenvalue weighted by Gasteiger charge is 2.24. The van der Waals surface area contributed by atoms with Gasteiger partial charge in [-0.25, -0.2) is 0 Å². The van der Waals surface area contributed by atoms with Crippen molar-refractivity contribution in [3.8, 4) is 0 Å². The Morgan fingerprint density at radius 2 is 2.00 bits per heavy atom. The Bertz CT molecular complexity index is 756. The maximum Gasteiger partial charge on any atom is 0.251 e. The van der Waals surface area contributed by atoms with E-state index in [9.17, 15) is 4.79 Å². The van der Waals surface area contributed by atoms with Gasteiger partial charge < -0.3 is 15.2 Å². The molecule has 0 radical (unpaired) electrons. The molecule has 1 fully saturated rings. The van der Waals surface area contributed by atoms with E-state index in [1.54, 1.807) is 0 Å². The number of nitrogens with zero attached hydrogens (tertiary/aromatic N) is 1. The quantitative estimate of drug-likeness (QED) is 0.910. The van der Waals surface area contributed by atoms with Crippen LogP contribution in [0.15, 0.2) is 18.2 Å². The molecule has 0 bridgehead atoms. The van der Waals surface area contributed by atoms with Gasteiger partial charge in [0, 0.05) is 34.2 Å². The Labute approximate surface area is 143 Å². The minimum atomic E-state index is 0.0821. The van der Waals surface area contributed by atoms with Crippen molar-refractivity contribution in [2.45, 2.75) is 57.0 Å². The topological polar surface area (TPSA) is 48.1 Å². The zero-order valence-electron chi connectivity index (χ0n) is 14.7. The van der Waals surface area contributed by atoms with Crippen molar-refractivity contribution in [2.75, 3.05) is 14.1 Å². The Morgan fingerprint density at radius 3 is 2.75 bits per heavy atom. The lowest BCUT2D eigenvalue weighted by molar-refractivity contribution is 0.0938. The minimum Gasteiger partial charge on any atom is -0.358 e. The van der Waals surface area contributed by atoms with Crippen LogP contribution in [-0.2, 0) is 12.8 Å². The van der Waals surface area contributed by atoms with Crippen molar-refractivity contribution in [3.63, 3.8) is 0 Å². The van der Waals surface area contributed by atoms with E-state index in [0.717, 1.165) is 36.8 Å². The summed E-state index contributed by atoms with van der Waals surface area (Å²) in [6, 6.07) is 7.08. The predicted octanol–water partition coefficient (Wildman–Crippen LogP) is 3.26. The monoisotopic (exact) mass is 325 g/mol. The lowest BCUT2D eigenvalue weighted by Gasteiger charge is -2.28. The smallest absolute Gasteiger partial charge is 0.251 e. The Kier molecular flexibility index (Phi) is 4.09. The highest BCUT2D eigenvalue weighted by molar-refractivity contribution is 5.99. The van der Waals surface area contributed by atoms with E-state index in [0.29, 0.717) is 12.1 Å². The molecule has 0 aliphatic heterocycles. The van der Waals surface area contributed by atoms with Crippen LogP contribution in [0.3, 0.4) is 0 Å². The molecule has 2 N–H and O–H groups in total. The van der Waals surface area contributed by atoms with E-state index in [1.165, 1.54) is 35.9 Å². The summed E-state index contributed by atoms with van der Waals surface area (Å²) < 4.78 is 0. The molecule has 1 amide bonds. The van der Waals surface area contributed by atoms with Crippen LogP contribution in [0.25, 0.3) is 10.9 Å². The SMILES string of the molecule is CN(C)C1CCc2[nH]c3ccc(C(=O)NC4CCCC4)cc3c2C1. The number of carbonyl (C=O) groups excluding carboxylic acids is 1. The van der Waals surface area contributed by atoms with Crippen LogP contribution in [0.4, 0.5) is 0 Å². The summed E-state index contributed by atoms with van der Waals surface area (Å²) >= 11 is 0. The highest BCUT2D eigenvalue weighted by Crippen LogP contribution is 2.31. The van der Waals surface area contributed by atoms with E-state index in [4.69, 9.17) is 0 Å². The van der Waals surface area contributed by atoms with Gasteiger partial charge in [0.1, 0.15) is 0 Å². The number of aromatic amines is 1. The van der Waals surface area contributed by atoms with Crippen LogP contribution >= 0.6 is 0 Å². The maximum absolute atomic E-state index is 12.6. The number of aryl methyl sites for hydroxylation is 1. The molecule has 0 spiro atoms. The number of fused-ring (bicyclic) bond motifs is 3. The summed E-state index contributed by atoms with van der Waals surface area (Å²) in [5, 5.41) is 4.43. The third-order valence-electron chi connectivity index (χ3n) is 5.84. The molecule has 24 heavy (non-hydrogen) atoms. The van der Waals surface area contributed by atoms with Gasteiger partial charge in [-0.05, 0) is 70.0 Å². The van der Waals surface area contributed by atoms with Gasteiger partial charge >= 0.3 is 0 Å². The largest absolute Gasteiger partial charge is 0.358 e. The van der Waals surface area contributed by atoms with Crippen molar-refractivity contribution in [1.82, 2.24) is 15.2 Å². The Hall–Kier alpha value is -1.81. The van der Waals surface area contributed by atoms with Crippen molar-refractivity contribution < 1.29 is 4.79 Å². The summed E-state index contributed by atoms with van der Waals surface area (Å²) in [5.74, 6) is 0.0821. The first-order chi connectivity index (χ1) is 11.6. The van der Waals surface area contributed by atoms with Crippen molar-refractivity contribution in [3.05, 3.63) is 35.0 Å². The van der Waals surface area contributed by atoms with Gasteiger partial charge in [0.05, 0.1) is 0 Å². The molecular formula is C20H27N3O. The van der Waals surface area contributed by atoms with Gasteiger partial charge in [0.25, 0.3) is 5.91 Å². The summed E-state index contributed by atoms with van der Waals surface area (Å²) in [6.45, 7) is 0. The van der Waals surface area contributed by atoms with Gasteiger partial charge in [-0.2, -0.15) is 0 Å². The first-order valence-electron chi connectivity index (χ1n) is 9.22. The third kappa shape index (κ3) is 2.84. The van der Waals surface area contributed by atoms with Crippen molar-refractivity contribution in [2.24, 2.45) is 0 Å². The third-order valence-corrected chi connectivity index (χ3v) is 5.84. The van der Waals surface area contributed by atoms with Gasteiger partial charge in [-0.1, -0.05) is 12.8 Å². The molecule has 2 aromatic rings. The standard InChI is InChI=1S/C20H27N3O/c1-23(2)15-8-10-19-17(12-15)16-11-13(7-9-18(16)22-19)20(24)21-14-5-3-4-6-14/h7,9,11,14-15,22H,3-6,8,10,12H2,1-2H3,(H,21,24). The number of likely N-dealkylation sites (N-methyl/N-ethyl adjacent to an activating group) is 1. The van der Waals surface area contributed by atoms with E-state index < -0.39 is 0 Å². The van der Waals surface area contributed by atoms with E-state index in [1.807, 2.05) is 6.07 Å². The number of nitrogens with one attached hydrogen (secondary N) is 2. The highest BCUT2D eigenvalue weighted by atomic mass is 16.1. The average Bonchev–Trinajstić information content (AvgIpc) is 3.20. The minimum absolute atomic E-state index is 0.0821. The van der Waals surface area contributed by atoms with Gasteiger partial charge in [0.2, 0.25) is 0 Å². The first-order valence-corrected chi connectivity index (χ1v) is 9.22. The maximum atomic E-state index is 12.6. The normalized spacial score (nSPS) is 21.4. The molecule has 1 aromatic heterocycles. The number of hydrogen-bond donors (Lipinski definition) is 2. The van der Waals surface area contributed by atoms with Crippen LogP contribution in [-0.4, -0.2) is 42.0 Å². The fourth-order valence-electron chi connectivity index (χ4n) is 4.32. The number of H-pyrrole nitrogens is 1. The Morgan fingerprint density at radius 1 is 1.21 bits per heavy atom. The zero-order valence-corrected chi connectivity index (χ0v) is 14.7. The lowest BCUT2D eigenvalue weighted by Crippen LogP contribution is -2.33. The molecule has 0 saturated heterocycles. The van der Waals surface area contributed by atoms with Gasteiger partial charge in [-0.15, -0.1) is 0 Å². The molecular weight excluding hydrogens is 298 g/mol. The summed E-state index contributed by atoms with van der Waals surface area (Å²) in [5.41, 5.74) is 4.72. The molecule has 2 aliphatic rings. The number of carbonyl (C=O) groups is 1. The molecule has 1 atom stereocenters. The molecule has 1 unspecified atom stereocenters. The van der Waals surface area contributed by atoms with E-state index in [2.05, 4.69) is 41.4 Å². The molecule has 1 aromatic carbocycles. The van der Waals surface area contributed by atoms with Gasteiger partial charge in [0.15, 0.2) is 0 Å². The molecule has 4 rings (SSSR count). The number of aromatic nitrogens is 1. The fourth-order valence-corrected chi connectivity index (χ4v) is 4.32. The van der Waals surface area contributed by atoms with Crippen molar-refractivity contribution in [1.29, 1.82) is 0 Å². The number of hydrogen-bond acceptors (Lipinski definition) is 2. The van der Waals surface area contributed by atoms with E-state index >= 15 is 0 Å². The average molecular weight is 325 g/mol. The van der Waals surface area contributed by atoms with Crippen LogP contribution in [0.2, 0.25) is 0 Å². The second-order valence-electron chi connectivity index (χ2n) is 7.66. The summed E-state index contributed by atoms with van der Waals surface area (Å²) in [7, 11) is 4.32. The van der Waals surface area contributed by atoms with Gasteiger partial charge in [-0.3, -0.25) is 4.79 Å². The predicted molar refractivity (Wildman–Crippen MR) is 97.5 cm³/mol. The molecule has 128 valence electrons. The second kappa shape index (κ2) is 6.25. The summed E-state index contributed by atoms with van der Waals surface area (Å²) in [4.78, 5) is 18.5. The van der Waals surface area contributed by atoms with Crippen LogP contribution in [0, 0.1) is 0 Å². The van der Waals surface area contributed by atoms with Crippen LogP contribution in [0.1, 0.15) is 53.7 Å². The van der Waals surface area contributed by atoms with E-state index in [-0.39, 0.29) is 5.91 Å². The van der Waals surface area contributed by atoms with Crippen LogP contribution in [0.5, 0.6) is 0 Å². The first kappa shape index (κ1) is 15.7. The second-order valence-corrected chi connectivity index (χ2v) is 7.66. The van der Waals surface area contributed by atoms with Crippen LogP contribution < -0.4 is 5.32 Å². The number of benzene rings is 1. The fraction of sp³-hybridized carbons (Fsp3) is 0.550. The summed E-state index contributed by atoms with van der Waals surface area (Å²) in [6.07, 6.45) is 8.08. The molecule has 4 heteroatoms. The van der Waals surface area contributed by atoms with Crippen molar-refractivity contribution >= 4 is 16.8 Å². The number of amides is 1. The molecule has 4 nitrogen and oxygen atoms in total. The molecule has 1 heterocycles. The number of rotatable bonds is 3. The Balaban J connectivity index is 1.62. The molecule has 2 aliphatic carbocycles.